The molecule has 2 N–H and O–H groups in total. The fraction of sp³-hybridized carbons (Fsp3) is 0.929. The van der Waals surface area contributed by atoms with Crippen LogP contribution in [0, 0.1) is 11.3 Å². The first-order valence-corrected chi connectivity index (χ1v) is 7.12. The number of nitrogens with one attached hydrogen (secondary N) is 2. The molecule has 1 saturated carbocycles. The maximum absolute atomic E-state index is 4.71. The quantitative estimate of drug-likeness (QED) is 0.444. The summed E-state index contributed by atoms with van der Waals surface area (Å²) in [4.78, 5) is 4.71. The van der Waals surface area contributed by atoms with Crippen LogP contribution in [0.2, 0.25) is 0 Å². The van der Waals surface area contributed by atoms with E-state index in [4.69, 9.17) is 4.99 Å². The average Bonchev–Trinajstić information content (AvgIpc) is 2.81. The Hall–Kier alpha value is 0. The minimum atomic E-state index is 0. The largest absolute Gasteiger partial charge is 0.357 e. The molecule has 4 heteroatoms. The van der Waals surface area contributed by atoms with E-state index < -0.39 is 0 Å². The summed E-state index contributed by atoms with van der Waals surface area (Å²) in [5.74, 6) is 1.82. The highest BCUT2D eigenvalue weighted by atomic mass is 127. The van der Waals surface area contributed by atoms with Gasteiger partial charge >= 0.3 is 0 Å². The monoisotopic (exact) mass is 367 g/mol. The summed E-state index contributed by atoms with van der Waals surface area (Å²) in [6.45, 7) is 11.7. The van der Waals surface area contributed by atoms with Crippen molar-refractivity contribution in [1.29, 1.82) is 0 Å². The van der Waals surface area contributed by atoms with Crippen molar-refractivity contribution in [2.24, 2.45) is 16.3 Å². The molecule has 0 aromatic heterocycles. The van der Waals surface area contributed by atoms with Crippen molar-refractivity contribution >= 4 is 29.9 Å². The lowest BCUT2D eigenvalue weighted by Gasteiger charge is -2.30. The SMILES string of the molecule is CCNC(=NCC(C)(C)C1CCCC1)NCC.I. The van der Waals surface area contributed by atoms with E-state index in [1.165, 1.54) is 25.7 Å². The smallest absolute Gasteiger partial charge is 0.191 e. The van der Waals surface area contributed by atoms with Crippen molar-refractivity contribution in [3.8, 4) is 0 Å². The van der Waals surface area contributed by atoms with E-state index in [1.54, 1.807) is 0 Å². The van der Waals surface area contributed by atoms with Crippen LogP contribution >= 0.6 is 24.0 Å². The summed E-state index contributed by atoms with van der Waals surface area (Å²) < 4.78 is 0. The minimum Gasteiger partial charge on any atom is -0.357 e. The van der Waals surface area contributed by atoms with Crippen LogP contribution in [0.1, 0.15) is 53.4 Å². The molecule has 1 aliphatic rings. The molecule has 0 unspecified atom stereocenters. The Morgan fingerprint density at radius 2 is 1.61 bits per heavy atom. The third-order valence-corrected chi connectivity index (χ3v) is 3.79. The number of hydrogen-bond acceptors (Lipinski definition) is 1. The van der Waals surface area contributed by atoms with Crippen LogP contribution < -0.4 is 10.6 Å². The van der Waals surface area contributed by atoms with E-state index in [0.717, 1.165) is 31.5 Å². The first-order chi connectivity index (χ1) is 8.10. The van der Waals surface area contributed by atoms with E-state index in [2.05, 4.69) is 38.3 Å². The topological polar surface area (TPSA) is 36.4 Å². The summed E-state index contributed by atoms with van der Waals surface area (Å²) in [5.41, 5.74) is 0.340. The van der Waals surface area contributed by atoms with Gasteiger partial charge in [-0.25, -0.2) is 0 Å². The molecule has 0 heterocycles. The molecule has 18 heavy (non-hydrogen) atoms. The van der Waals surface area contributed by atoms with Gasteiger partial charge in [0.15, 0.2) is 5.96 Å². The molecule has 0 aromatic carbocycles. The summed E-state index contributed by atoms with van der Waals surface area (Å²) in [5, 5.41) is 6.57. The van der Waals surface area contributed by atoms with Crippen molar-refractivity contribution in [1.82, 2.24) is 10.6 Å². The predicted octanol–water partition coefficient (Wildman–Crippen LogP) is 3.40. The number of aliphatic imine (C=N–C) groups is 1. The van der Waals surface area contributed by atoms with Gasteiger partial charge in [-0.15, -0.1) is 24.0 Å². The Morgan fingerprint density at radius 1 is 1.11 bits per heavy atom. The van der Waals surface area contributed by atoms with Gasteiger partial charge in [0.25, 0.3) is 0 Å². The maximum Gasteiger partial charge on any atom is 0.191 e. The first-order valence-electron chi connectivity index (χ1n) is 7.12. The summed E-state index contributed by atoms with van der Waals surface area (Å²) in [6.07, 6.45) is 5.59. The van der Waals surface area contributed by atoms with Gasteiger partial charge < -0.3 is 10.6 Å². The molecule has 1 rings (SSSR count). The predicted molar refractivity (Wildman–Crippen MR) is 90.8 cm³/mol. The number of rotatable bonds is 5. The molecule has 108 valence electrons. The van der Waals surface area contributed by atoms with E-state index in [-0.39, 0.29) is 24.0 Å². The van der Waals surface area contributed by atoms with Gasteiger partial charge in [-0.1, -0.05) is 26.7 Å². The van der Waals surface area contributed by atoms with Crippen LogP contribution in [0.4, 0.5) is 0 Å². The van der Waals surface area contributed by atoms with Gasteiger partial charge in [0.05, 0.1) is 0 Å². The molecule has 0 amide bonds. The molecule has 0 atom stereocenters. The van der Waals surface area contributed by atoms with Crippen LogP contribution in [0.15, 0.2) is 4.99 Å². The summed E-state index contributed by atoms with van der Waals surface area (Å²) in [6, 6.07) is 0. The lowest BCUT2D eigenvalue weighted by atomic mass is 9.78. The van der Waals surface area contributed by atoms with Crippen molar-refractivity contribution in [3.05, 3.63) is 0 Å². The Kier molecular flexibility index (Phi) is 8.99. The second-order valence-corrected chi connectivity index (χ2v) is 5.70. The van der Waals surface area contributed by atoms with Crippen LogP contribution in [-0.2, 0) is 0 Å². The zero-order chi connectivity index (χ0) is 12.7. The van der Waals surface area contributed by atoms with E-state index in [0.29, 0.717) is 5.41 Å². The standard InChI is InChI=1S/C14H29N3.HI/c1-5-15-13(16-6-2)17-11-14(3,4)12-9-7-8-10-12;/h12H,5-11H2,1-4H3,(H2,15,16,17);1H. The molecule has 1 fully saturated rings. The van der Waals surface area contributed by atoms with Gasteiger partial charge in [-0.3, -0.25) is 4.99 Å². The maximum atomic E-state index is 4.71. The van der Waals surface area contributed by atoms with E-state index in [9.17, 15) is 0 Å². The third-order valence-electron chi connectivity index (χ3n) is 3.79. The zero-order valence-corrected chi connectivity index (χ0v) is 14.7. The number of halogens is 1. The molecule has 0 spiro atoms. The third kappa shape index (κ3) is 5.76. The molecule has 0 bridgehead atoms. The second kappa shape index (κ2) is 8.99. The normalized spacial score (nSPS) is 16.0. The molecular weight excluding hydrogens is 337 g/mol. The molecule has 0 aromatic rings. The van der Waals surface area contributed by atoms with Gasteiger partial charge in [-0.05, 0) is 38.0 Å². The molecule has 3 nitrogen and oxygen atoms in total. The van der Waals surface area contributed by atoms with Crippen LogP contribution in [0.25, 0.3) is 0 Å². The van der Waals surface area contributed by atoms with Crippen LogP contribution in [0.3, 0.4) is 0 Å². The summed E-state index contributed by atoms with van der Waals surface area (Å²) in [7, 11) is 0. The van der Waals surface area contributed by atoms with Gasteiger partial charge in [0.1, 0.15) is 0 Å². The fourth-order valence-electron chi connectivity index (χ4n) is 2.63. The van der Waals surface area contributed by atoms with E-state index >= 15 is 0 Å². The lowest BCUT2D eigenvalue weighted by Crippen LogP contribution is -2.38. The van der Waals surface area contributed by atoms with Crippen LogP contribution in [-0.4, -0.2) is 25.6 Å². The Bertz CT molecular complexity index is 237. The Balaban J connectivity index is 0.00000289. The van der Waals surface area contributed by atoms with Gasteiger partial charge in [-0.2, -0.15) is 0 Å². The summed E-state index contributed by atoms with van der Waals surface area (Å²) >= 11 is 0. The highest BCUT2D eigenvalue weighted by Crippen LogP contribution is 2.39. The van der Waals surface area contributed by atoms with Crippen molar-refractivity contribution < 1.29 is 0 Å². The van der Waals surface area contributed by atoms with E-state index in [1.807, 2.05) is 0 Å². The Labute approximate surface area is 130 Å². The highest BCUT2D eigenvalue weighted by molar-refractivity contribution is 14.0. The molecule has 0 saturated heterocycles. The first kappa shape index (κ1) is 18.0. The molecule has 1 aliphatic carbocycles. The van der Waals surface area contributed by atoms with Crippen molar-refractivity contribution in [2.45, 2.75) is 53.4 Å². The molecule has 0 aliphatic heterocycles. The molecule has 0 radical (unpaired) electrons. The second-order valence-electron chi connectivity index (χ2n) is 5.70. The number of hydrogen-bond donors (Lipinski definition) is 2. The lowest BCUT2D eigenvalue weighted by molar-refractivity contribution is 0.227. The highest BCUT2D eigenvalue weighted by Gasteiger charge is 2.31. The van der Waals surface area contributed by atoms with Gasteiger partial charge in [0, 0.05) is 19.6 Å². The molecular formula is C14H30IN3. The zero-order valence-electron chi connectivity index (χ0n) is 12.4. The number of guanidine groups is 1. The van der Waals surface area contributed by atoms with Gasteiger partial charge in [0.2, 0.25) is 0 Å². The minimum absolute atomic E-state index is 0. The van der Waals surface area contributed by atoms with Crippen molar-refractivity contribution in [2.75, 3.05) is 19.6 Å². The fourth-order valence-corrected chi connectivity index (χ4v) is 2.63. The van der Waals surface area contributed by atoms with Crippen molar-refractivity contribution in [3.63, 3.8) is 0 Å². The Morgan fingerprint density at radius 3 is 2.06 bits per heavy atom. The average molecular weight is 367 g/mol. The van der Waals surface area contributed by atoms with Crippen LogP contribution in [0.5, 0.6) is 0 Å². The number of nitrogens with zero attached hydrogens (tertiary/aromatic N) is 1.